The molecule has 7 nitrogen and oxygen atoms in total. The summed E-state index contributed by atoms with van der Waals surface area (Å²) in [6, 6.07) is 10.4. The number of hydrogen-bond acceptors (Lipinski definition) is 5. The Morgan fingerprint density at radius 3 is 2.43 bits per heavy atom. The average Bonchev–Trinajstić information content (AvgIpc) is 2.56. The number of carboxylic acids is 1. The van der Waals surface area contributed by atoms with Gasteiger partial charge in [0.05, 0.1) is 11.4 Å². The number of aromatic nitrogens is 1. The molecule has 2 aromatic rings. The van der Waals surface area contributed by atoms with Gasteiger partial charge in [0.2, 0.25) is 0 Å². The van der Waals surface area contributed by atoms with Crippen LogP contribution < -0.4 is 16.4 Å². The number of benzene rings is 1. The van der Waals surface area contributed by atoms with Gasteiger partial charge < -0.3 is 21.5 Å². The van der Waals surface area contributed by atoms with Crippen molar-refractivity contribution in [1.29, 1.82) is 0 Å². The number of nitrogen functional groups attached to an aromatic ring is 1. The number of carbonyl (C=O) groups is 2. The van der Waals surface area contributed by atoms with Crippen LogP contribution in [0.25, 0.3) is 0 Å². The third-order valence-corrected chi connectivity index (χ3v) is 2.79. The zero-order valence-corrected chi connectivity index (χ0v) is 13.0. The Morgan fingerprint density at radius 2 is 1.96 bits per heavy atom. The average molecular weight is 316 g/mol. The lowest BCUT2D eigenvalue weighted by atomic mass is 10.1. The summed E-state index contributed by atoms with van der Waals surface area (Å²) in [5, 5.41) is 13.4. The van der Waals surface area contributed by atoms with Crippen molar-refractivity contribution >= 4 is 29.1 Å². The molecule has 0 atom stereocenters. The van der Waals surface area contributed by atoms with Crippen molar-refractivity contribution in [2.75, 3.05) is 23.4 Å². The van der Waals surface area contributed by atoms with Crippen molar-refractivity contribution in [3.63, 3.8) is 0 Å². The summed E-state index contributed by atoms with van der Waals surface area (Å²) in [7, 11) is 1.78. The molecular formula is C16H20N4O3. The van der Waals surface area contributed by atoms with E-state index in [1.165, 1.54) is 0 Å². The van der Waals surface area contributed by atoms with Gasteiger partial charge in [-0.3, -0.25) is 9.59 Å². The second kappa shape index (κ2) is 9.04. The van der Waals surface area contributed by atoms with Crippen LogP contribution in [0.5, 0.6) is 0 Å². The van der Waals surface area contributed by atoms with Crippen molar-refractivity contribution in [1.82, 2.24) is 4.98 Å². The van der Waals surface area contributed by atoms with E-state index in [1.54, 1.807) is 56.6 Å². The number of nitrogens with one attached hydrogen (secondary N) is 2. The van der Waals surface area contributed by atoms with E-state index >= 15 is 0 Å². The third-order valence-electron chi connectivity index (χ3n) is 2.79. The lowest BCUT2D eigenvalue weighted by Gasteiger charge is -2.08. The van der Waals surface area contributed by atoms with E-state index in [4.69, 9.17) is 10.8 Å². The fraction of sp³-hybridized carbons (Fsp3) is 0.188. The molecule has 7 heteroatoms. The highest BCUT2D eigenvalue weighted by atomic mass is 16.4. The summed E-state index contributed by atoms with van der Waals surface area (Å²) >= 11 is 0. The van der Waals surface area contributed by atoms with Gasteiger partial charge in [-0.1, -0.05) is 13.0 Å². The van der Waals surface area contributed by atoms with Crippen LogP contribution in [0, 0.1) is 0 Å². The number of hydrogen-bond donors (Lipinski definition) is 4. The summed E-state index contributed by atoms with van der Waals surface area (Å²) in [6.07, 6.45) is 1.84. The first kappa shape index (κ1) is 18.0. The van der Waals surface area contributed by atoms with Crippen LogP contribution in [0.3, 0.4) is 0 Å². The summed E-state index contributed by atoms with van der Waals surface area (Å²) < 4.78 is 0. The number of amides is 1. The molecule has 0 unspecified atom stereocenters. The van der Waals surface area contributed by atoms with E-state index in [0.29, 0.717) is 17.1 Å². The lowest BCUT2D eigenvalue weighted by Crippen LogP contribution is -2.13. The molecule has 0 fully saturated rings. The Kier molecular flexibility index (Phi) is 7.06. The Balaban J connectivity index is 0.000000463. The van der Waals surface area contributed by atoms with Gasteiger partial charge in [-0.25, -0.2) is 4.98 Å². The van der Waals surface area contributed by atoms with E-state index in [2.05, 4.69) is 15.6 Å². The van der Waals surface area contributed by atoms with Crippen molar-refractivity contribution in [3.05, 3.63) is 48.2 Å². The van der Waals surface area contributed by atoms with Crippen LogP contribution >= 0.6 is 0 Å². The number of nitrogens with two attached hydrogens (primary N) is 1. The molecule has 1 aromatic heterocycles. The Labute approximate surface area is 134 Å². The maximum absolute atomic E-state index is 11.9. The van der Waals surface area contributed by atoms with Crippen LogP contribution in [-0.4, -0.2) is 29.0 Å². The van der Waals surface area contributed by atoms with Gasteiger partial charge in [-0.2, -0.15) is 0 Å². The van der Waals surface area contributed by atoms with E-state index in [0.717, 1.165) is 5.69 Å². The normalized spacial score (nSPS) is 9.30. The van der Waals surface area contributed by atoms with E-state index in [1.807, 2.05) is 0 Å². The molecule has 1 heterocycles. The fourth-order valence-corrected chi connectivity index (χ4v) is 1.56. The highest BCUT2D eigenvalue weighted by Gasteiger charge is 2.08. The van der Waals surface area contributed by atoms with Crippen LogP contribution in [-0.2, 0) is 4.79 Å². The maximum atomic E-state index is 11.9. The summed E-state index contributed by atoms with van der Waals surface area (Å²) in [5.41, 5.74) is 7.63. The highest BCUT2D eigenvalue weighted by molar-refractivity contribution is 6.04. The van der Waals surface area contributed by atoms with Gasteiger partial charge in [0.25, 0.3) is 5.91 Å². The molecule has 1 amide bonds. The van der Waals surface area contributed by atoms with Gasteiger partial charge >= 0.3 is 5.97 Å². The first-order chi connectivity index (χ1) is 11.0. The molecule has 0 aliphatic rings. The maximum Gasteiger partial charge on any atom is 0.303 e. The lowest BCUT2D eigenvalue weighted by molar-refractivity contribution is -0.136. The second-order valence-corrected chi connectivity index (χ2v) is 4.47. The van der Waals surface area contributed by atoms with Gasteiger partial charge in [0.1, 0.15) is 5.82 Å². The summed E-state index contributed by atoms with van der Waals surface area (Å²) in [4.78, 5) is 25.3. The topological polar surface area (TPSA) is 117 Å². The Bertz CT molecular complexity index is 660. The van der Waals surface area contributed by atoms with E-state index in [9.17, 15) is 9.59 Å². The van der Waals surface area contributed by atoms with Gasteiger partial charge in [0.15, 0.2) is 0 Å². The van der Waals surface area contributed by atoms with E-state index in [-0.39, 0.29) is 12.3 Å². The molecule has 122 valence electrons. The molecule has 5 N–H and O–H groups in total. The van der Waals surface area contributed by atoms with Crippen LogP contribution in [0.2, 0.25) is 0 Å². The van der Waals surface area contributed by atoms with Crippen molar-refractivity contribution in [2.45, 2.75) is 13.3 Å². The van der Waals surface area contributed by atoms with Crippen LogP contribution in [0.1, 0.15) is 23.7 Å². The predicted octanol–water partition coefficient (Wildman–Crippen LogP) is 2.44. The number of nitrogens with zero attached hydrogens (tertiary/aromatic N) is 1. The molecule has 0 bridgehead atoms. The molecule has 0 radical (unpaired) electrons. The molecule has 0 saturated heterocycles. The van der Waals surface area contributed by atoms with Crippen molar-refractivity contribution in [2.24, 2.45) is 0 Å². The minimum atomic E-state index is -0.745. The largest absolute Gasteiger partial charge is 0.481 e. The van der Waals surface area contributed by atoms with Gasteiger partial charge in [-0.05, 0) is 30.3 Å². The molecule has 1 aromatic carbocycles. The van der Waals surface area contributed by atoms with Gasteiger partial charge in [0, 0.05) is 25.2 Å². The fourth-order valence-electron chi connectivity index (χ4n) is 1.56. The Morgan fingerprint density at radius 1 is 1.26 bits per heavy atom. The van der Waals surface area contributed by atoms with Gasteiger partial charge in [-0.15, -0.1) is 0 Å². The smallest absolute Gasteiger partial charge is 0.303 e. The van der Waals surface area contributed by atoms with Crippen LogP contribution in [0.15, 0.2) is 42.6 Å². The molecule has 23 heavy (non-hydrogen) atoms. The zero-order valence-electron chi connectivity index (χ0n) is 13.0. The SMILES string of the molecule is CCC(=O)O.CNc1ccc(C(=O)Nc2ccccn2)cc1N. The minimum Gasteiger partial charge on any atom is -0.481 e. The van der Waals surface area contributed by atoms with Crippen LogP contribution in [0.4, 0.5) is 17.2 Å². The zero-order chi connectivity index (χ0) is 17.2. The second-order valence-electron chi connectivity index (χ2n) is 4.47. The van der Waals surface area contributed by atoms with E-state index < -0.39 is 5.97 Å². The first-order valence-corrected chi connectivity index (χ1v) is 6.99. The number of pyridine rings is 1. The molecule has 2 rings (SSSR count). The Hall–Kier alpha value is -3.09. The molecule has 0 aliphatic carbocycles. The molecule has 0 saturated carbocycles. The quantitative estimate of drug-likeness (QED) is 0.644. The minimum absolute atomic E-state index is 0.222. The number of anilines is 3. The van der Waals surface area contributed by atoms with Crippen molar-refractivity contribution in [3.8, 4) is 0 Å². The first-order valence-electron chi connectivity index (χ1n) is 6.99. The molecular weight excluding hydrogens is 296 g/mol. The standard InChI is InChI=1S/C13H14N4O.C3H6O2/c1-15-11-6-5-9(8-10(11)14)13(18)17-12-4-2-3-7-16-12;1-2-3(4)5/h2-8,15H,14H2,1H3,(H,16,17,18);2H2,1H3,(H,4,5). The number of carbonyl (C=O) groups excluding carboxylic acids is 1. The summed E-state index contributed by atoms with van der Waals surface area (Å²) in [5.74, 6) is -0.466. The molecule has 0 spiro atoms. The highest BCUT2D eigenvalue weighted by Crippen LogP contribution is 2.19. The summed E-state index contributed by atoms with van der Waals surface area (Å²) in [6.45, 7) is 1.60. The monoisotopic (exact) mass is 316 g/mol. The predicted molar refractivity (Wildman–Crippen MR) is 90.5 cm³/mol. The number of aliphatic carboxylic acids is 1. The third kappa shape index (κ3) is 6.04. The van der Waals surface area contributed by atoms with Crippen molar-refractivity contribution < 1.29 is 14.7 Å². The number of rotatable bonds is 4. The number of carboxylic acid groups (broad SMARTS) is 1. The molecule has 0 aliphatic heterocycles.